The maximum Gasteiger partial charge on any atom is 0.260 e. The fourth-order valence-electron chi connectivity index (χ4n) is 2.60. The fraction of sp³-hybridized carbons (Fsp3) is 0.533. The van der Waals surface area contributed by atoms with Crippen LogP contribution in [0.25, 0.3) is 0 Å². The van der Waals surface area contributed by atoms with Crippen LogP contribution in [0.2, 0.25) is 5.02 Å². The summed E-state index contributed by atoms with van der Waals surface area (Å²) >= 11 is 5.88. The van der Waals surface area contributed by atoms with Crippen LogP contribution in [-0.2, 0) is 4.79 Å². The molecule has 0 saturated carbocycles. The molecule has 1 aliphatic heterocycles. The van der Waals surface area contributed by atoms with Crippen molar-refractivity contribution in [3.63, 3.8) is 0 Å². The highest BCUT2D eigenvalue weighted by Crippen LogP contribution is 2.20. The number of likely N-dealkylation sites (tertiary alicyclic amines) is 1. The highest BCUT2D eigenvalue weighted by Gasteiger charge is 2.29. The highest BCUT2D eigenvalue weighted by atomic mass is 35.5. The number of nitrogens with two attached hydrogens (primary N) is 1. The summed E-state index contributed by atoms with van der Waals surface area (Å²) in [5.74, 6) is 0.604. The molecule has 1 saturated heterocycles. The molecule has 4 nitrogen and oxygen atoms in total. The summed E-state index contributed by atoms with van der Waals surface area (Å²) in [6, 6.07) is 7.18. The molecule has 2 atom stereocenters. The van der Waals surface area contributed by atoms with Crippen LogP contribution in [0.15, 0.2) is 24.3 Å². The molecule has 21 heavy (non-hydrogen) atoms. The van der Waals surface area contributed by atoms with Crippen molar-refractivity contribution >= 4 is 29.9 Å². The Bertz CT molecular complexity index is 469. The number of hydrogen-bond donors (Lipinski definition) is 1. The van der Waals surface area contributed by atoms with Gasteiger partial charge in [-0.05, 0) is 44.4 Å². The van der Waals surface area contributed by atoms with Crippen molar-refractivity contribution in [2.75, 3.05) is 13.2 Å². The third kappa shape index (κ3) is 5.06. The van der Waals surface area contributed by atoms with Gasteiger partial charge in [-0.3, -0.25) is 4.79 Å². The Morgan fingerprint density at radius 3 is 2.95 bits per heavy atom. The molecule has 1 aliphatic rings. The van der Waals surface area contributed by atoms with Crippen molar-refractivity contribution in [1.29, 1.82) is 0 Å². The first kappa shape index (κ1) is 18.1. The van der Waals surface area contributed by atoms with E-state index < -0.39 is 0 Å². The van der Waals surface area contributed by atoms with E-state index in [1.807, 2.05) is 11.8 Å². The van der Waals surface area contributed by atoms with Gasteiger partial charge < -0.3 is 15.4 Å². The maximum absolute atomic E-state index is 12.3. The lowest BCUT2D eigenvalue weighted by atomic mass is 9.97. The van der Waals surface area contributed by atoms with Crippen LogP contribution in [0.4, 0.5) is 0 Å². The summed E-state index contributed by atoms with van der Waals surface area (Å²) in [7, 11) is 0. The molecule has 2 unspecified atom stereocenters. The van der Waals surface area contributed by atoms with E-state index in [1.165, 1.54) is 0 Å². The second kappa shape index (κ2) is 8.47. The Labute approximate surface area is 137 Å². The first-order valence-corrected chi connectivity index (χ1v) is 7.39. The Balaban J connectivity index is 0.00000220. The number of piperidine rings is 1. The molecule has 0 radical (unpaired) electrons. The minimum atomic E-state index is -0.00887. The molecule has 0 aromatic heterocycles. The number of amides is 1. The summed E-state index contributed by atoms with van der Waals surface area (Å²) in [4.78, 5) is 14.1. The summed E-state index contributed by atoms with van der Waals surface area (Å²) < 4.78 is 5.51. The normalized spacial score (nSPS) is 19.6. The number of carbonyl (C=O) groups excluding carboxylic acids is 1. The predicted molar refractivity (Wildman–Crippen MR) is 87.2 cm³/mol. The third-order valence-electron chi connectivity index (χ3n) is 3.63. The van der Waals surface area contributed by atoms with Crippen LogP contribution < -0.4 is 10.5 Å². The standard InChI is InChI=1S/C15H21ClN2O2.ClH/c1-11(17)14-7-2-3-8-18(14)15(19)10-20-13-6-4-5-12(16)9-13;/h4-6,9,11,14H,2-3,7-8,10,17H2,1H3;1H. The first-order chi connectivity index (χ1) is 9.58. The topological polar surface area (TPSA) is 55.6 Å². The van der Waals surface area contributed by atoms with Gasteiger partial charge in [-0.1, -0.05) is 17.7 Å². The van der Waals surface area contributed by atoms with E-state index in [1.54, 1.807) is 24.3 Å². The van der Waals surface area contributed by atoms with E-state index in [2.05, 4.69) is 0 Å². The van der Waals surface area contributed by atoms with Crippen molar-refractivity contribution < 1.29 is 9.53 Å². The van der Waals surface area contributed by atoms with Crippen LogP contribution >= 0.6 is 24.0 Å². The zero-order valence-corrected chi connectivity index (χ0v) is 13.7. The van der Waals surface area contributed by atoms with Crippen LogP contribution in [0, 0.1) is 0 Å². The van der Waals surface area contributed by atoms with E-state index in [0.29, 0.717) is 10.8 Å². The number of benzene rings is 1. The second-order valence-corrected chi connectivity index (χ2v) is 5.69. The van der Waals surface area contributed by atoms with Crippen molar-refractivity contribution in [2.45, 2.75) is 38.3 Å². The Morgan fingerprint density at radius 1 is 1.52 bits per heavy atom. The van der Waals surface area contributed by atoms with Gasteiger partial charge in [-0.15, -0.1) is 12.4 Å². The lowest BCUT2D eigenvalue weighted by Crippen LogP contribution is -2.52. The number of ether oxygens (including phenoxy) is 1. The van der Waals surface area contributed by atoms with Gasteiger partial charge in [-0.25, -0.2) is 0 Å². The summed E-state index contributed by atoms with van der Waals surface area (Å²) in [6.45, 7) is 2.75. The SMILES string of the molecule is CC(N)C1CCCCN1C(=O)COc1cccc(Cl)c1.Cl. The minimum Gasteiger partial charge on any atom is -0.484 e. The number of rotatable bonds is 4. The largest absolute Gasteiger partial charge is 0.484 e. The maximum atomic E-state index is 12.3. The molecule has 1 aromatic carbocycles. The zero-order valence-electron chi connectivity index (χ0n) is 12.1. The average Bonchev–Trinajstić information content (AvgIpc) is 2.45. The second-order valence-electron chi connectivity index (χ2n) is 5.26. The number of hydrogen-bond acceptors (Lipinski definition) is 3. The molecule has 2 N–H and O–H groups in total. The highest BCUT2D eigenvalue weighted by molar-refractivity contribution is 6.30. The van der Waals surface area contributed by atoms with Crippen molar-refractivity contribution in [3.8, 4) is 5.75 Å². The van der Waals surface area contributed by atoms with Crippen molar-refractivity contribution in [3.05, 3.63) is 29.3 Å². The zero-order chi connectivity index (χ0) is 14.5. The molecule has 1 fully saturated rings. The van der Waals surface area contributed by atoms with E-state index in [0.717, 1.165) is 25.8 Å². The lowest BCUT2D eigenvalue weighted by Gasteiger charge is -2.38. The smallest absolute Gasteiger partial charge is 0.260 e. The third-order valence-corrected chi connectivity index (χ3v) is 3.87. The Morgan fingerprint density at radius 2 is 2.29 bits per heavy atom. The van der Waals surface area contributed by atoms with Gasteiger partial charge in [0.15, 0.2) is 6.61 Å². The molecular formula is C15H22Cl2N2O2. The lowest BCUT2D eigenvalue weighted by molar-refractivity contribution is -0.137. The quantitative estimate of drug-likeness (QED) is 0.922. The first-order valence-electron chi connectivity index (χ1n) is 7.01. The molecule has 1 aromatic rings. The van der Waals surface area contributed by atoms with Gasteiger partial charge in [0.2, 0.25) is 0 Å². The summed E-state index contributed by atoms with van der Waals surface area (Å²) in [5, 5.41) is 0.598. The van der Waals surface area contributed by atoms with Gasteiger partial charge in [-0.2, -0.15) is 0 Å². The number of carbonyl (C=O) groups is 1. The van der Waals surface area contributed by atoms with Crippen molar-refractivity contribution in [2.24, 2.45) is 5.73 Å². The van der Waals surface area contributed by atoms with E-state index >= 15 is 0 Å². The van der Waals surface area contributed by atoms with Crippen LogP contribution in [0.5, 0.6) is 5.75 Å². The van der Waals surface area contributed by atoms with Gasteiger partial charge in [0.05, 0.1) is 0 Å². The monoisotopic (exact) mass is 332 g/mol. The summed E-state index contributed by atoms with van der Waals surface area (Å²) in [5.41, 5.74) is 5.97. The predicted octanol–water partition coefficient (Wildman–Crippen LogP) is 2.87. The van der Waals surface area contributed by atoms with E-state index in [9.17, 15) is 4.79 Å². The van der Waals surface area contributed by atoms with Gasteiger partial charge >= 0.3 is 0 Å². The molecule has 0 spiro atoms. The summed E-state index contributed by atoms with van der Waals surface area (Å²) in [6.07, 6.45) is 3.14. The van der Waals surface area contributed by atoms with Crippen molar-refractivity contribution in [1.82, 2.24) is 4.90 Å². The van der Waals surface area contributed by atoms with Crippen LogP contribution in [0.1, 0.15) is 26.2 Å². The number of nitrogens with zero attached hydrogens (tertiary/aromatic N) is 1. The van der Waals surface area contributed by atoms with Gasteiger partial charge in [0, 0.05) is 23.7 Å². The molecular weight excluding hydrogens is 311 g/mol. The Kier molecular flexibility index (Phi) is 7.29. The molecule has 1 heterocycles. The minimum absolute atomic E-state index is 0. The van der Waals surface area contributed by atoms with Gasteiger partial charge in [0.25, 0.3) is 5.91 Å². The molecule has 1 amide bonds. The van der Waals surface area contributed by atoms with E-state index in [-0.39, 0.29) is 37.0 Å². The van der Waals surface area contributed by atoms with Crippen LogP contribution in [-0.4, -0.2) is 36.0 Å². The van der Waals surface area contributed by atoms with Crippen LogP contribution in [0.3, 0.4) is 0 Å². The van der Waals surface area contributed by atoms with Gasteiger partial charge in [0.1, 0.15) is 5.75 Å². The van der Waals surface area contributed by atoms with E-state index in [4.69, 9.17) is 22.1 Å². The molecule has 118 valence electrons. The number of halogens is 2. The molecule has 2 rings (SSSR count). The molecule has 6 heteroatoms. The fourth-order valence-corrected chi connectivity index (χ4v) is 2.78. The molecule has 0 bridgehead atoms. The Hall–Kier alpha value is -0.970. The molecule has 0 aliphatic carbocycles. The average molecular weight is 333 g/mol.